The molecule has 0 aromatic carbocycles. The van der Waals surface area contributed by atoms with E-state index in [1.807, 2.05) is 6.07 Å². The number of hydrogen-bond donors (Lipinski definition) is 3. The molecule has 1 aromatic rings. The molecule has 6 nitrogen and oxygen atoms in total. The van der Waals surface area contributed by atoms with E-state index in [1.54, 1.807) is 13.1 Å². The molecule has 2 fully saturated rings. The van der Waals surface area contributed by atoms with Crippen LogP contribution in [0.1, 0.15) is 62.2 Å². The van der Waals surface area contributed by atoms with E-state index in [9.17, 15) is 4.79 Å². The lowest BCUT2D eigenvalue weighted by molar-refractivity contribution is 0.0941. The summed E-state index contributed by atoms with van der Waals surface area (Å²) in [5, 5.41) is 6.62. The smallest absolute Gasteiger partial charge is 0.256 e. The van der Waals surface area contributed by atoms with E-state index in [0.717, 1.165) is 36.2 Å². The molecule has 1 atom stereocenters. The number of nitrogens with one attached hydrogen (secondary N) is 2. The summed E-state index contributed by atoms with van der Waals surface area (Å²) in [6.07, 6.45) is 10.3. The molecule has 26 heavy (non-hydrogen) atoms. The van der Waals surface area contributed by atoms with Crippen LogP contribution in [-0.4, -0.2) is 42.2 Å². The minimum atomic E-state index is -0.389. The first kappa shape index (κ1) is 19.6. The van der Waals surface area contributed by atoms with Crippen molar-refractivity contribution in [2.24, 2.45) is 5.73 Å². The molecule has 0 bridgehead atoms. The third-order valence-corrected chi connectivity index (χ3v) is 5.74. The molecule has 7 heteroatoms. The van der Waals surface area contributed by atoms with Gasteiger partial charge in [0, 0.05) is 35.8 Å². The summed E-state index contributed by atoms with van der Waals surface area (Å²) in [6.45, 7) is 3.58. The van der Waals surface area contributed by atoms with Crippen LogP contribution in [0.15, 0.2) is 16.7 Å². The van der Waals surface area contributed by atoms with E-state index >= 15 is 0 Å². The Hall–Kier alpha value is -1.18. The summed E-state index contributed by atoms with van der Waals surface area (Å²) in [5.74, 6) is 0.578. The number of halogens is 1. The molecule has 0 radical (unpaired) electrons. The molecule has 2 heterocycles. The average Bonchev–Trinajstić information content (AvgIpc) is 2.63. The molecule has 1 unspecified atom stereocenters. The second-order valence-corrected chi connectivity index (χ2v) is 8.47. The Labute approximate surface area is 164 Å². The first-order chi connectivity index (χ1) is 12.5. The highest BCUT2D eigenvalue weighted by Crippen LogP contribution is 2.26. The molecule has 3 rings (SSSR count). The molecular formula is C19H30BrN5O. The minimum absolute atomic E-state index is 0.175. The number of amides is 1. The van der Waals surface area contributed by atoms with Crippen molar-refractivity contribution >= 4 is 27.7 Å². The lowest BCUT2D eigenvalue weighted by atomic mass is 9.93. The first-order valence-electron chi connectivity index (χ1n) is 9.76. The van der Waals surface area contributed by atoms with Crippen molar-refractivity contribution in [2.75, 3.05) is 18.0 Å². The van der Waals surface area contributed by atoms with E-state index in [2.05, 4.69) is 36.4 Å². The highest BCUT2D eigenvalue weighted by Gasteiger charge is 2.26. The van der Waals surface area contributed by atoms with Crippen molar-refractivity contribution in [2.45, 2.75) is 70.1 Å². The number of nitrogens with zero attached hydrogens (tertiary/aromatic N) is 2. The summed E-state index contributed by atoms with van der Waals surface area (Å²) in [4.78, 5) is 19.3. The summed E-state index contributed by atoms with van der Waals surface area (Å²) in [7, 11) is 0. The fourth-order valence-corrected chi connectivity index (χ4v) is 4.33. The number of carbonyl (C=O) groups excluding carboxylic acids is 1. The normalized spacial score (nSPS) is 20.8. The zero-order chi connectivity index (χ0) is 18.5. The zero-order valence-electron chi connectivity index (χ0n) is 15.5. The first-order valence-corrected chi connectivity index (χ1v) is 10.5. The van der Waals surface area contributed by atoms with Crippen molar-refractivity contribution in [1.82, 2.24) is 15.6 Å². The van der Waals surface area contributed by atoms with Crippen LogP contribution < -0.4 is 21.3 Å². The van der Waals surface area contributed by atoms with Gasteiger partial charge in [0.2, 0.25) is 0 Å². The van der Waals surface area contributed by atoms with Crippen molar-refractivity contribution in [1.29, 1.82) is 0 Å². The van der Waals surface area contributed by atoms with Crippen molar-refractivity contribution in [3.8, 4) is 0 Å². The van der Waals surface area contributed by atoms with Gasteiger partial charge < -0.3 is 21.3 Å². The maximum Gasteiger partial charge on any atom is 0.256 e. The Bertz CT molecular complexity index is 610. The van der Waals surface area contributed by atoms with Gasteiger partial charge in [-0.15, -0.1) is 0 Å². The minimum Gasteiger partial charge on any atom is -0.356 e. The predicted octanol–water partition coefficient (Wildman–Crippen LogP) is 2.77. The highest BCUT2D eigenvalue weighted by atomic mass is 79.9. The Morgan fingerprint density at radius 3 is 2.54 bits per heavy atom. The van der Waals surface area contributed by atoms with Crippen molar-refractivity contribution in [3.63, 3.8) is 0 Å². The lowest BCUT2D eigenvalue weighted by Crippen LogP contribution is -2.47. The number of piperidine rings is 1. The van der Waals surface area contributed by atoms with E-state index in [1.165, 1.54) is 32.1 Å². The maximum absolute atomic E-state index is 12.5. The average molecular weight is 424 g/mol. The molecule has 2 aliphatic rings. The number of nitrogens with two attached hydrogens (primary N) is 1. The SMILES string of the molecule is CC(N)NC(=O)c1cc(Br)cnc1N1CCC(NC2CCCCC2)CC1. The topological polar surface area (TPSA) is 83.3 Å². The van der Waals surface area contributed by atoms with Gasteiger partial charge in [0.25, 0.3) is 5.91 Å². The van der Waals surface area contributed by atoms with Gasteiger partial charge in [0.15, 0.2) is 0 Å². The van der Waals surface area contributed by atoms with Crippen molar-refractivity contribution in [3.05, 3.63) is 22.3 Å². The molecule has 144 valence electrons. The van der Waals surface area contributed by atoms with Gasteiger partial charge >= 0.3 is 0 Å². The third-order valence-electron chi connectivity index (χ3n) is 5.31. The third kappa shape index (κ3) is 5.18. The summed E-state index contributed by atoms with van der Waals surface area (Å²) < 4.78 is 0.796. The van der Waals surface area contributed by atoms with E-state index < -0.39 is 0 Å². The second kappa shape index (κ2) is 9.15. The van der Waals surface area contributed by atoms with Crippen molar-refractivity contribution < 1.29 is 4.79 Å². The molecule has 1 saturated carbocycles. The highest BCUT2D eigenvalue weighted by molar-refractivity contribution is 9.10. The predicted molar refractivity (Wildman–Crippen MR) is 108 cm³/mol. The Morgan fingerprint density at radius 1 is 1.23 bits per heavy atom. The summed E-state index contributed by atoms with van der Waals surface area (Å²) in [5.41, 5.74) is 6.30. The molecule has 1 amide bonds. The van der Waals surface area contributed by atoms with E-state index in [4.69, 9.17) is 5.73 Å². The van der Waals surface area contributed by atoms with Gasteiger partial charge in [0.05, 0.1) is 11.7 Å². The van der Waals surface area contributed by atoms with Crippen LogP contribution in [0.5, 0.6) is 0 Å². The zero-order valence-corrected chi connectivity index (χ0v) is 17.1. The summed E-state index contributed by atoms with van der Waals surface area (Å²) in [6, 6.07) is 3.09. The Balaban J connectivity index is 1.62. The second-order valence-electron chi connectivity index (χ2n) is 7.55. The Morgan fingerprint density at radius 2 is 1.88 bits per heavy atom. The summed E-state index contributed by atoms with van der Waals surface area (Å²) >= 11 is 3.42. The molecule has 1 saturated heterocycles. The Kier molecular flexibility index (Phi) is 6.89. The maximum atomic E-state index is 12.5. The number of hydrogen-bond acceptors (Lipinski definition) is 5. The monoisotopic (exact) mass is 423 g/mol. The van der Waals surface area contributed by atoms with Crippen LogP contribution in [0.4, 0.5) is 5.82 Å². The lowest BCUT2D eigenvalue weighted by Gasteiger charge is -2.36. The van der Waals surface area contributed by atoms with Gasteiger partial charge in [0.1, 0.15) is 5.82 Å². The largest absolute Gasteiger partial charge is 0.356 e. The fourth-order valence-electron chi connectivity index (χ4n) is 4.00. The van der Waals surface area contributed by atoms with Gasteiger partial charge in [-0.05, 0) is 54.6 Å². The van der Waals surface area contributed by atoms with Crippen LogP contribution in [0.3, 0.4) is 0 Å². The molecule has 1 aromatic heterocycles. The van der Waals surface area contributed by atoms with Crippen LogP contribution in [0.25, 0.3) is 0 Å². The molecule has 1 aliphatic heterocycles. The van der Waals surface area contributed by atoms with Crippen LogP contribution in [0.2, 0.25) is 0 Å². The molecule has 0 spiro atoms. The van der Waals surface area contributed by atoms with Gasteiger partial charge in [-0.1, -0.05) is 19.3 Å². The van der Waals surface area contributed by atoms with Crippen LogP contribution in [0, 0.1) is 0 Å². The quantitative estimate of drug-likeness (QED) is 0.634. The van der Waals surface area contributed by atoms with E-state index in [-0.39, 0.29) is 12.1 Å². The van der Waals surface area contributed by atoms with Gasteiger partial charge in [-0.25, -0.2) is 4.98 Å². The van der Waals surface area contributed by atoms with Crippen LogP contribution in [-0.2, 0) is 0 Å². The number of aromatic nitrogens is 1. The van der Waals surface area contributed by atoms with E-state index in [0.29, 0.717) is 17.6 Å². The molecule has 4 N–H and O–H groups in total. The number of carbonyl (C=O) groups is 1. The van der Waals surface area contributed by atoms with Crippen LogP contribution >= 0.6 is 15.9 Å². The molecule has 1 aliphatic carbocycles. The molecular weight excluding hydrogens is 394 g/mol. The standard InChI is InChI=1S/C19H30BrN5O/c1-13(21)23-19(26)17-11-14(20)12-22-18(17)25-9-7-16(8-10-25)24-15-5-3-2-4-6-15/h11-13,15-16,24H,2-10,21H2,1H3,(H,23,26). The number of rotatable bonds is 5. The number of anilines is 1. The number of pyridine rings is 1. The van der Waals surface area contributed by atoms with Gasteiger partial charge in [-0.3, -0.25) is 4.79 Å². The fraction of sp³-hybridized carbons (Fsp3) is 0.684. The van der Waals surface area contributed by atoms with Gasteiger partial charge in [-0.2, -0.15) is 0 Å².